The molecule has 5 nitrogen and oxygen atoms in total. The zero-order chi connectivity index (χ0) is 14.7. The highest BCUT2D eigenvalue weighted by atomic mass is 19.1. The number of anilines is 1. The van der Waals surface area contributed by atoms with Gasteiger partial charge in [-0.1, -0.05) is 18.2 Å². The van der Waals surface area contributed by atoms with Crippen LogP contribution >= 0.6 is 0 Å². The van der Waals surface area contributed by atoms with Gasteiger partial charge in [0.25, 0.3) is 0 Å². The Labute approximate surface area is 115 Å². The number of ether oxygens (including phenoxy) is 1. The van der Waals surface area contributed by atoms with Crippen LogP contribution in [0.1, 0.15) is 27.4 Å². The fraction of sp³-hybridized carbons (Fsp3) is 0.214. The quantitative estimate of drug-likeness (QED) is 0.865. The molecule has 0 amide bonds. The maximum atomic E-state index is 13.6. The van der Waals surface area contributed by atoms with Crippen molar-refractivity contribution in [1.29, 1.82) is 0 Å². The number of methoxy groups -OCH3 is 1. The molecule has 1 aromatic heterocycles. The molecule has 0 atom stereocenters. The molecule has 0 bridgehead atoms. The summed E-state index contributed by atoms with van der Waals surface area (Å²) in [6, 6.07) is 6.36. The SMILES string of the molecule is COC(=O)c1c(C)nc(Cc2ccccc2F)nc1N. The molecule has 0 aliphatic heterocycles. The van der Waals surface area contributed by atoms with Crippen LogP contribution in [0.25, 0.3) is 0 Å². The van der Waals surface area contributed by atoms with E-state index in [0.717, 1.165) is 0 Å². The van der Waals surface area contributed by atoms with Gasteiger partial charge in [-0.25, -0.2) is 19.2 Å². The number of aromatic nitrogens is 2. The topological polar surface area (TPSA) is 78.1 Å². The minimum atomic E-state index is -0.586. The molecule has 0 aliphatic carbocycles. The van der Waals surface area contributed by atoms with Crippen molar-refractivity contribution in [1.82, 2.24) is 9.97 Å². The van der Waals surface area contributed by atoms with E-state index in [0.29, 0.717) is 17.1 Å². The largest absolute Gasteiger partial charge is 0.465 e. The van der Waals surface area contributed by atoms with Crippen molar-refractivity contribution in [3.05, 3.63) is 52.7 Å². The number of esters is 1. The van der Waals surface area contributed by atoms with Gasteiger partial charge in [-0.3, -0.25) is 0 Å². The van der Waals surface area contributed by atoms with E-state index in [-0.39, 0.29) is 23.6 Å². The Kier molecular flexibility index (Phi) is 3.93. The molecule has 0 saturated heterocycles. The van der Waals surface area contributed by atoms with Crippen LogP contribution in [-0.4, -0.2) is 23.0 Å². The fourth-order valence-corrected chi connectivity index (χ4v) is 1.90. The predicted molar refractivity (Wildman–Crippen MR) is 71.7 cm³/mol. The molecular formula is C14H14FN3O2. The lowest BCUT2D eigenvalue weighted by atomic mass is 10.1. The summed E-state index contributed by atoms with van der Waals surface area (Å²) in [6.45, 7) is 1.63. The third kappa shape index (κ3) is 2.74. The van der Waals surface area contributed by atoms with Crippen molar-refractivity contribution < 1.29 is 13.9 Å². The number of aryl methyl sites for hydroxylation is 1. The standard InChI is InChI=1S/C14H14FN3O2/c1-8-12(14(19)20-2)13(16)18-11(17-8)7-9-5-3-4-6-10(9)15/h3-6H,7H2,1-2H3,(H2,16,17,18). The number of nitrogens with zero attached hydrogens (tertiary/aromatic N) is 2. The second-order valence-corrected chi connectivity index (χ2v) is 4.25. The molecule has 0 fully saturated rings. The maximum absolute atomic E-state index is 13.6. The average molecular weight is 275 g/mol. The minimum absolute atomic E-state index is 0.0377. The third-order valence-corrected chi connectivity index (χ3v) is 2.86. The summed E-state index contributed by atoms with van der Waals surface area (Å²) in [6.07, 6.45) is 0.208. The molecule has 2 aromatic rings. The van der Waals surface area contributed by atoms with Gasteiger partial charge in [0.05, 0.1) is 12.8 Å². The van der Waals surface area contributed by atoms with Crippen LogP contribution in [0.3, 0.4) is 0 Å². The summed E-state index contributed by atoms with van der Waals surface area (Å²) in [5.41, 5.74) is 6.77. The summed E-state index contributed by atoms with van der Waals surface area (Å²) in [5.74, 6) is -0.518. The van der Waals surface area contributed by atoms with Crippen LogP contribution in [0.15, 0.2) is 24.3 Å². The van der Waals surface area contributed by atoms with Crippen LogP contribution in [0.4, 0.5) is 10.2 Å². The smallest absolute Gasteiger partial charge is 0.343 e. The number of hydrogen-bond donors (Lipinski definition) is 1. The molecule has 0 aliphatic rings. The predicted octanol–water partition coefficient (Wildman–Crippen LogP) is 1.88. The van der Waals surface area contributed by atoms with Gasteiger partial charge in [0, 0.05) is 6.42 Å². The Balaban J connectivity index is 2.36. The molecule has 2 rings (SSSR count). The summed E-state index contributed by atoms with van der Waals surface area (Å²) in [4.78, 5) is 19.8. The highest BCUT2D eigenvalue weighted by molar-refractivity contribution is 5.95. The molecule has 1 heterocycles. The van der Waals surface area contributed by atoms with Crippen LogP contribution in [0.5, 0.6) is 0 Å². The monoisotopic (exact) mass is 275 g/mol. The molecule has 0 radical (unpaired) electrons. The Morgan fingerprint density at radius 1 is 1.35 bits per heavy atom. The number of rotatable bonds is 3. The van der Waals surface area contributed by atoms with Gasteiger partial charge in [0.2, 0.25) is 0 Å². The minimum Gasteiger partial charge on any atom is -0.465 e. The summed E-state index contributed by atoms with van der Waals surface area (Å²) in [7, 11) is 1.26. The number of benzene rings is 1. The first-order valence-corrected chi connectivity index (χ1v) is 5.97. The van der Waals surface area contributed by atoms with E-state index >= 15 is 0 Å². The van der Waals surface area contributed by atoms with E-state index in [9.17, 15) is 9.18 Å². The Morgan fingerprint density at radius 3 is 2.65 bits per heavy atom. The normalized spacial score (nSPS) is 10.3. The lowest BCUT2D eigenvalue weighted by molar-refractivity contribution is 0.0600. The number of nitrogen functional groups attached to an aromatic ring is 1. The van der Waals surface area contributed by atoms with Crippen molar-refractivity contribution in [2.75, 3.05) is 12.8 Å². The molecule has 2 N–H and O–H groups in total. The Morgan fingerprint density at radius 2 is 2.05 bits per heavy atom. The first kappa shape index (κ1) is 13.9. The van der Waals surface area contributed by atoms with E-state index in [1.165, 1.54) is 13.2 Å². The molecule has 6 heteroatoms. The number of hydrogen-bond acceptors (Lipinski definition) is 5. The summed E-state index contributed by atoms with van der Waals surface area (Å²) < 4.78 is 18.2. The van der Waals surface area contributed by atoms with E-state index in [1.807, 2.05) is 0 Å². The van der Waals surface area contributed by atoms with Crippen LogP contribution in [0, 0.1) is 12.7 Å². The van der Waals surface area contributed by atoms with Crippen LogP contribution < -0.4 is 5.73 Å². The second kappa shape index (κ2) is 5.64. The van der Waals surface area contributed by atoms with E-state index in [2.05, 4.69) is 14.7 Å². The van der Waals surface area contributed by atoms with Crippen LogP contribution in [-0.2, 0) is 11.2 Å². The number of carbonyl (C=O) groups is 1. The highest BCUT2D eigenvalue weighted by Gasteiger charge is 2.17. The Bertz CT molecular complexity index is 636. The first-order valence-electron chi connectivity index (χ1n) is 5.97. The molecule has 0 spiro atoms. The molecule has 104 valence electrons. The average Bonchev–Trinajstić information content (AvgIpc) is 2.40. The van der Waals surface area contributed by atoms with Gasteiger partial charge in [0.1, 0.15) is 23.0 Å². The highest BCUT2D eigenvalue weighted by Crippen LogP contribution is 2.17. The van der Waals surface area contributed by atoms with Gasteiger partial charge in [0.15, 0.2) is 0 Å². The maximum Gasteiger partial charge on any atom is 0.343 e. The van der Waals surface area contributed by atoms with E-state index < -0.39 is 5.97 Å². The first-order chi connectivity index (χ1) is 9.52. The van der Waals surface area contributed by atoms with Crippen molar-refractivity contribution in [3.63, 3.8) is 0 Å². The fourth-order valence-electron chi connectivity index (χ4n) is 1.90. The van der Waals surface area contributed by atoms with Crippen molar-refractivity contribution >= 4 is 11.8 Å². The van der Waals surface area contributed by atoms with Crippen molar-refractivity contribution in [2.24, 2.45) is 0 Å². The van der Waals surface area contributed by atoms with Crippen molar-refractivity contribution in [3.8, 4) is 0 Å². The Hall–Kier alpha value is -2.50. The van der Waals surface area contributed by atoms with Gasteiger partial charge < -0.3 is 10.5 Å². The molecule has 0 saturated carbocycles. The molecule has 1 aromatic carbocycles. The lowest BCUT2D eigenvalue weighted by Crippen LogP contribution is -2.13. The molecular weight excluding hydrogens is 261 g/mol. The summed E-state index contributed by atoms with van der Waals surface area (Å²) in [5, 5.41) is 0. The van der Waals surface area contributed by atoms with E-state index in [1.54, 1.807) is 25.1 Å². The third-order valence-electron chi connectivity index (χ3n) is 2.86. The van der Waals surface area contributed by atoms with Crippen molar-refractivity contribution in [2.45, 2.75) is 13.3 Å². The lowest BCUT2D eigenvalue weighted by Gasteiger charge is -2.09. The number of carbonyl (C=O) groups excluding carboxylic acids is 1. The summed E-state index contributed by atoms with van der Waals surface area (Å²) >= 11 is 0. The zero-order valence-corrected chi connectivity index (χ0v) is 11.2. The number of halogens is 1. The van der Waals surface area contributed by atoms with E-state index in [4.69, 9.17) is 5.73 Å². The molecule has 0 unspecified atom stereocenters. The van der Waals surface area contributed by atoms with Gasteiger partial charge >= 0.3 is 5.97 Å². The molecule has 20 heavy (non-hydrogen) atoms. The zero-order valence-electron chi connectivity index (χ0n) is 11.2. The second-order valence-electron chi connectivity index (χ2n) is 4.25. The van der Waals surface area contributed by atoms with Crippen LogP contribution in [0.2, 0.25) is 0 Å². The number of nitrogens with two attached hydrogens (primary N) is 1. The van der Waals surface area contributed by atoms with Gasteiger partial charge in [-0.2, -0.15) is 0 Å². The van der Waals surface area contributed by atoms with Gasteiger partial charge in [-0.15, -0.1) is 0 Å². The van der Waals surface area contributed by atoms with Gasteiger partial charge in [-0.05, 0) is 18.6 Å².